The van der Waals surface area contributed by atoms with Crippen molar-refractivity contribution in [3.8, 4) is 0 Å². The molecular formula is C20H22N4O5S3. The maximum atomic E-state index is 12.8. The lowest BCUT2D eigenvalue weighted by atomic mass is 10.2. The highest BCUT2D eigenvalue weighted by Crippen LogP contribution is 2.30. The predicted molar refractivity (Wildman–Crippen MR) is 123 cm³/mol. The SMILES string of the molecule is CN(C)S(=O)(=O)c1cccc(C(=O)Nc2nc3ccc(S(=O)(=O)N4CCCC4)cc3s2)c1. The summed E-state index contributed by atoms with van der Waals surface area (Å²) in [6.07, 6.45) is 1.71. The Bertz CT molecular complexity index is 1390. The standard InChI is InChI=1S/C20H22N4O5S3/c1-23(2)31(26,27)15-7-5-6-14(12-15)19(25)22-20-21-17-9-8-16(13-18(17)30-20)32(28,29)24-10-3-4-11-24/h5-9,12-13H,3-4,10-11H2,1-2H3,(H,21,22,25). The minimum Gasteiger partial charge on any atom is -0.298 e. The van der Waals surface area contributed by atoms with Crippen LogP contribution in [0.15, 0.2) is 52.3 Å². The van der Waals surface area contributed by atoms with Crippen LogP contribution in [-0.4, -0.2) is 63.5 Å². The molecule has 0 atom stereocenters. The normalized spacial score (nSPS) is 15.5. The zero-order valence-corrected chi connectivity index (χ0v) is 19.9. The number of amides is 1. The van der Waals surface area contributed by atoms with Gasteiger partial charge < -0.3 is 0 Å². The average molecular weight is 495 g/mol. The number of benzene rings is 2. The Balaban J connectivity index is 1.58. The topological polar surface area (TPSA) is 117 Å². The molecule has 2 heterocycles. The van der Waals surface area contributed by atoms with E-state index in [1.165, 1.54) is 48.7 Å². The first kappa shape index (κ1) is 22.8. The van der Waals surface area contributed by atoms with Gasteiger partial charge in [-0.25, -0.2) is 26.1 Å². The molecule has 0 radical (unpaired) electrons. The molecule has 32 heavy (non-hydrogen) atoms. The molecule has 1 N–H and O–H groups in total. The minimum atomic E-state index is -3.67. The first-order chi connectivity index (χ1) is 15.1. The number of nitrogens with zero attached hydrogens (tertiary/aromatic N) is 3. The number of nitrogens with one attached hydrogen (secondary N) is 1. The van der Waals surface area contributed by atoms with Crippen LogP contribution in [0.25, 0.3) is 10.2 Å². The van der Waals surface area contributed by atoms with Crippen LogP contribution in [0.3, 0.4) is 0 Å². The van der Waals surface area contributed by atoms with Gasteiger partial charge in [-0.3, -0.25) is 10.1 Å². The van der Waals surface area contributed by atoms with Crippen molar-refractivity contribution < 1.29 is 21.6 Å². The van der Waals surface area contributed by atoms with Gasteiger partial charge >= 0.3 is 0 Å². The number of hydrogen-bond donors (Lipinski definition) is 1. The third-order valence-corrected chi connectivity index (χ3v) is 9.80. The lowest BCUT2D eigenvalue weighted by molar-refractivity contribution is 0.102. The smallest absolute Gasteiger partial charge is 0.257 e. The first-order valence-corrected chi connectivity index (χ1v) is 13.5. The number of carbonyl (C=O) groups is 1. The first-order valence-electron chi connectivity index (χ1n) is 9.84. The molecule has 0 spiro atoms. The number of rotatable bonds is 6. The Hall–Kier alpha value is -2.38. The van der Waals surface area contributed by atoms with Crippen LogP contribution >= 0.6 is 11.3 Å². The second kappa shape index (κ2) is 8.52. The fraction of sp³-hybridized carbons (Fsp3) is 0.300. The number of hydrogen-bond acceptors (Lipinski definition) is 7. The third-order valence-electron chi connectivity index (χ3n) is 5.16. The zero-order chi connectivity index (χ0) is 23.1. The molecule has 1 aliphatic rings. The Kier molecular flexibility index (Phi) is 6.07. The maximum absolute atomic E-state index is 12.8. The van der Waals surface area contributed by atoms with Crippen molar-refractivity contribution in [3.05, 3.63) is 48.0 Å². The molecule has 2 aromatic carbocycles. The number of anilines is 1. The van der Waals surface area contributed by atoms with Crippen molar-refractivity contribution in [1.29, 1.82) is 0 Å². The van der Waals surface area contributed by atoms with Crippen LogP contribution in [0, 0.1) is 0 Å². The molecule has 1 aromatic heterocycles. The largest absolute Gasteiger partial charge is 0.298 e. The quantitative estimate of drug-likeness (QED) is 0.563. The van der Waals surface area contributed by atoms with Gasteiger partial charge in [-0.1, -0.05) is 17.4 Å². The molecule has 0 unspecified atom stereocenters. The van der Waals surface area contributed by atoms with Gasteiger partial charge in [0.25, 0.3) is 5.91 Å². The van der Waals surface area contributed by atoms with Crippen LogP contribution in [0.2, 0.25) is 0 Å². The lowest BCUT2D eigenvalue weighted by Gasteiger charge is -2.15. The van der Waals surface area contributed by atoms with Crippen molar-refractivity contribution in [2.45, 2.75) is 22.6 Å². The second-order valence-electron chi connectivity index (χ2n) is 7.53. The summed E-state index contributed by atoms with van der Waals surface area (Å²) in [7, 11) is -4.39. The molecule has 1 saturated heterocycles. The number of sulfonamides is 2. The summed E-state index contributed by atoms with van der Waals surface area (Å²) >= 11 is 1.16. The maximum Gasteiger partial charge on any atom is 0.257 e. The van der Waals surface area contributed by atoms with Crippen LogP contribution < -0.4 is 5.32 Å². The van der Waals surface area contributed by atoms with Gasteiger partial charge in [-0.05, 0) is 49.2 Å². The van der Waals surface area contributed by atoms with E-state index in [2.05, 4.69) is 10.3 Å². The van der Waals surface area contributed by atoms with Crippen LogP contribution in [0.4, 0.5) is 5.13 Å². The molecule has 12 heteroatoms. The Morgan fingerprint density at radius 3 is 2.44 bits per heavy atom. The highest BCUT2D eigenvalue weighted by Gasteiger charge is 2.27. The second-order valence-corrected chi connectivity index (χ2v) is 12.6. The van der Waals surface area contributed by atoms with E-state index in [9.17, 15) is 21.6 Å². The molecule has 9 nitrogen and oxygen atoms in total. The highest BCUT2D eigenvalue weighted by molar-refractivity contribution is 7.89. The van der Waals surface area contributed by atoms with Gasteiger partial charge in [-0.2, -0.15) is 4.31 Å². The molecule has 1 fully saturated rings. The van der Waals surface area contributed by atoms with Crippen molar-refractivity contribution in [3.63, 3.8) is 0 Å². The molecular weight excluding hydrogens is 472 g/mol. The van der Waals surface area contributed by atoms with Gasteiger partial charge in [0.2, 0.25) is 20.0 Å². The number of fused-ring (bicyclic) bond motifs is 1. The third kappa shape index (κ3) is 4.28. The van der Waals surface area contributed by atoms with Crippen LogP contribution in [-0.2, 0) is 20.0 Å². The van der Waals surface area contributed by atoms with Crippen LogP contribution in [0.5, 0.6) is 0 Å². The van der Waals surface area contributed by atoms with Gasteiger partial charge in [-0.15, -0.1) is 0 Å². The van der Waals surface area contributed by atoms with E-state index in [4.69, 9.17) is 0 Å². The summed E-state index contributed by atoms with van der Waals surface area (Å²) in [5, 5.41) is 2.96. The van der Waals surface area contributed by atoms with E-state index in [0.29, 0.717) is 28.4 Å². The van der Waals surface area contributed by atoms with Crippen LogP contribution in [0.1, 0.15) is 23.2 Å². The molecule has 0 bridgehead atoms. The summed E-state index contributed by atoms with van der Waals surface area (Å²) in [6, 6.07) is 10.5. The fourth-order valence-electron chi connectivity index (χ4n) is 3.37. The predicted octanol–water partition coefficient (Wildman–Crippen LogP) is 2.58. The molecule has 3 aromatic rings. The molecule has 0 saturated carbocycles. The molecule has 4 rings (SSSR count). The average Bonchev–Trinajstić information content (AvgIpc) is 3.43. The number of thiazole rings is 1. The van der Waals surface area contributed by atoms with Crippen molar-refractivity contribution >= 4 is 52.6 Å². The summed E-state index contributed by atoms with van der Waals surface area (Å²) in [6.45, 7) is 1.04. The highest BCUT2D eigenvalue weighted by atomic mass is 32.2. The van der Waals surface area contributed by atoms with Gasteiger partial charge in [0.15, 0.2) is 5.13 Å². The summed E-state index contributed by atoms with van der Waals surface area (Å²) in [5.74, 6) is -0.509. The Morgan fingerprint density at radius 2 is 1.75 bits per heavy atom. The molecule has 1 aliphatic heterocycles. The van der Waals surface area contributed by atoms with Crippen molar-refractivity contribution in [2.75, 3.05) is 32.5 Å². The van der Waals surface area contributed by atoms with E-state index in [0.717, 1.165) is 28.5 Å². The summed E-state index contributed by atoms with van der Waals surface area (Å²) < 4.78 is 53.4. The van der Waals surface area contributed by atoms with Gasteiger partial charge in [0, 0.05) is 32.7 Å². The molecule has 0 aliphatic carbocycles. The van der Waals surface area contributed by atoms with E-state index < -0.39 is 26.0 Å². The van der Waals surface area contributed by atoms with E-state index in [-0.39, 0.29) is 15.4 Å². The van der Waals surface area contributed by atoms with Gasteiger partial charge in [0.05, 0.1) is 20.0 Å². The minimum absolute atomic E-state index is 0.0104. The van der Waals surface area contributed by atoms with Crippen molar-refractivity contribution in [2.24, 2.45) is 0 Å². The number of aromatic nitrogens is 1. The summed E-state index contributed by atoms with van der Waals surface area (Å²) in [5.41, 5.74) is 0.735. The molecule has 170 valence electrons. The summed E-state index contributed by atoms with van der Waals surface area (Å²) in [4.78, 5) is 17.2. The Morgan fingerprint density at radius 1 is 1.03 bits per heavy atom. The van der Waals surface area contributed by atoms with E-state index in [1.54, 1.807) is 12.1 Å². The number of carbonyl (C=O) groups excluding carboxylic acids is 1. The van der Waals surface area contributed by atoms with E-state index >= 15 is 0 Å². The monoisotopic (exact) mass is 494 g/mol. The fourth-order valence-corrected chi connectivity index (χ4v) is 6.84. The van der Waals surface area contributed by atoms with E-state index in [1.807, 2.05) is 0 Å². The molecule has 1 amide bonds. The lowest BCUT2D eigenvalue weighted by Crippen LogP contribution is -2.27. The zero-order valence-electron chi connectivity index (χ0n) is 17.5. The Labute approximate surface area is 190 Å². The van der Waals surface area contributed by atoms with Gasteiger partial charge in [0.1, 0.15) is 0 Å². The van der Waals surface area contributed by atoms with Crippen molar-refractivity contribution in [1.82, 2.24) is 13.6 Å².